The Labute approximate surface area is 206 Å². The zero-order valence-electron chi connectivity index (χ0n) is 21.0. The first-order chi connectivity index (χ1) is 16.7. The molecule has 8 heteroatoms. The fraction of sp³-hybridized carbons (Fsp3) is 0.704. The molecule has 1 aromatic carbocycles. The Morgan fingerprint density at radius 3 is 2.63 bits per heavy atom. The number of fused-ring (bicyclic) bond motifs is 2. The van der Waals surface area contributed by atoms with Crippen molar-refractivity contribution in [2.45, 2.75) is 96.2 Å². The Morgan fingerprint density at radius 2 is 1.86 bits per heavy atom. The number of ether oxygens (including phenoxy) is 3. The molecule has 1 N–H and O–H groups in total. The third-order valence-corrected chi connectivity index (χ3v) is 8.58. The zero-order chi connectivity index (χ0) is 24.8. The second kappa shape index (κ2) is 9.47. The maximum atomic E-state index is 12.7. The minimum Gasteiger partial charge on any atom is -0.435 e. The molecule has 5 fully saturated rings. The van der Waals surface area contributed by atoms with E-state index in [9.17, 15) is 9.59 Å². The highest BCUT2D eigenvalue weighted by Gasteiger charge is 2.69. The summed E-state index contributed by atoms with van der Waals surface area (Å²) in [7, 11) is 0. The molecule has 9 atom stereocenters. The smallest absolute Gasteiger partial charge is 0.308 e. The van der Waals surface area contributed by atoms with Crippen LogP contribution in [0.15, 0.2) is 30.3 Å². The topological polar surface area (TPSA) is 92.3 Å². The minimum atomic E-state index is -0.875. The van der Waals surface area contributed by atoms with Crippen molar-refractivity contribution in [3.63, 3.8) is 0 Å². The van der Waals surface area contributed by atoms with Gasteiger partial charge in [0.1, 0.15) is 0 Å². The number of amides is 1. The molecule has 35 heavy (non-hydrogen) atoms. The first-order valence-corrected chi connectivity index (χ1v) is 13.0. The number of rotatable bonds is 6. The lowest BCUT2D eigenvalue weighted by atomic mass is 9.58. The molecule has 4 aliphatic heterocycles. The summed E-state index contributed by atoms with van der Waals surface area (Å²) >= 11 is 0. The number of carbonyl (C=O) groups excluding carboxylic acids is 2. The number of benzene rings is 1. The van der Waals surface area contributed by atoms with Crippen LogP contribution in [0.4, 0.5) is 0 Å². The molecule has 8 nitrogen and oxygen atoms in total. The molecule has 1 saturated carbocycles. The van der Waals surface area contributed by atoms with Crippen LogP contribution in [-0.2, 0) is 33.6 Å². The first kappa shape index (κ1) is 24.7. The molecule has 1 amide bonds. The molecule has 5 aliphatic rings. The Bertz CT molecular complexity index is 941. The van der Waals surface area contributed by atoms with Gasteiger partial charge in [-0.2, -0.15) is 0 Å². The molecular weight excluding hydrogens is 450 g/mol. The Balaban J connectivity index is 1.21. The normalized spacial score (nSPS) is 40.8. The van der Waals surface area contributed by atoms with Gasteiger partial charge in [0, 0.05) is 24.7 Å². The predicted octanol–water partition coefficient (Wildman–Crippen LogP) is 4.40. The Morgan fingerprint density at radius 1 is 1.09 bits per heavy atom. The monoisotopic (exact) mass is 487 g/mol. The van der Waals surface area contributed by atoms with Crippen molar-refractivity contribution < 1.29 is 33.6 Å². The van der Waals surface area contributed by atoms with Crippen LogP contribution in [0.2, 0.25) is 0 Å². The Hall–Kier alpha value is -2.00. The molecule has 1 aliphatic carbocycles. The van der Waals surface area contributed by atoms with Crippen LogP contribution in [0.5, 0.6) is 0 Å². The fourth-order valence-corrected chi connectivity index (χ4v) is 6.55. The molecule has 1 aromatic rings. The fourth-order valence-electron chi connectivity index (χ4n) is 6.55. The average molecular weight is 488 g/mol. The highest BCUT2D eigenvalue weighted by atomic mass is 17.3. The van der Waals surface area contributed by atoms with E-state index in [1.165, 1.54) is 0 Å². The molecule has 2 bridgehead atoms. The number of carbonyl (C=O) groups is 2. The molecule has 4 heterocycles. The number of nitrogens with one attached hydrogen (secondary N) is 1. The van der Waals surface area contributed by atoms with Crippen LogP contribution in [0.25, 0.3) is 0 Å². The number of hydrogen-bond donors (Lipinski definition) is 1. The zero-order valence-corrected chi connectivity index (χ0v) is 21.0. The lowest BCUT2D eigenvalue weighted by molar-refractivity contribution is -0.576. The van der Waals surface area contributed by atoms with Gasteiger partial charge in [-0.15, -0.1) is 0 Å². The SMILES string of the molecule is C[C@H]1[C@H](OC(=O)CCC(=O)N[C@@H](C)c2ccccc2)O[C@@H]2O[C@@]3(C)CC[C@@H]4[C@H](C)CC[C@H]1[C@@]24OO3. The van der Waals surface area contributed by atoms with Crippen molar-refractivity contribution in [2.24, 2.45) is 23.7 Å². The van der Waals surface area contributed by atoms with Gasteiger partial charge in [-0.05, 0) is 50.5 Å². The van der Waals surface area contributed by atoms with E-state index in [1.54, 1.807) is 0 Å². The van der Waals surface area contributed by atoms with Gasteiger partial charge in [-0.1, -0.05) is 44.2 Å². The predicted molar refractivity (Wildman–Crippen MR) is 125 cm³/mol. The minimum absolute atomic E-state index is 0.0156. The van der Waals surface area contributed by atoms with Crippen LogP contribution < -0.4 is 5.32 Å². The van der Waals surface area contributed by atoms with E-state index in [1.807, 2.05) is 51.1 Å². The standard InChI is InChI=1S/C27H37NO7/c1-16-10-11-21-17(2)24(32-25-27(21)20(16)14-15-26(4,33-25)34-35-27)31-23(30)13-12-22(29)28-18(3)19-8-6-5-7-9-19/h5-9,16-18,20-21,24-25H,10-15H2,1-4H3,(H,28,29)/t16-,17-,18+,20-,21-,24-,25-,26-,27-/m1/s1. The lowest BCUT2D eigenvalue weighted by Crippen LogP contribution is -2.70. The van der Waals surface area contributed by atoms with Gasteiger partial charge in [0.05, 0.1) is 12.5 Å². The van der Waals surface area contributed by atoms with Crippen LogP contribution in [0, 0.1) is 23.7 Å². The van der Waals surface area contributed by atoms with E-state index < -0.39 is 29.9 Å². The van der Waals surface area contributed by atoms with Crippen molar-refractivity contribution in [3.8, 4) is 0 Å². The molecule has 0 radical (unpaired) electrons. The van der Waals surface area contributed by atoms with Crippen molar-refractivity contribution in [1.29, 1.82) is 0 Å². The van der Waals surface area contributed by atoms with Gasteiger partial charge in [0.25, 0.3) is 0 Å². The van der Waals surface area contributed by atoms with E-state index in [0.29, 0.717) is 5.92 Å². The van der Waals surface area contributed by atoms with E-state index in [-0.39, 0.29) is 42.5 Å². The van der Waals surface area contributed by atoms with Gasteiger partial charge in [-0.25, -0.2) is 9.78 Å². The van der Waals surface area contributed by atoms with Gasteiger partial charge < -0.3 is 19.5 Å². The summed E-state index contributed by atoms with van der Waals surface area (Å²) in [6, 6.07) is 9.58. The summed E-state index contributed by atoms with van der Waals surface area (Å²) in [4.78, 5) is 37.1. The van der Waals surface area contributed by atoms with E-state index in [0.717, 1.165) is 31.2 Å². The second-order valence-electron chi connectivity index (χ2n) is 11.0. The van der Waals surface area contributed by atoms with Crippen molar-refractivity contribution >= 4 is 11.9 Å². The highest BCUT2D eigenvalue weighted by molar-refractivity contribution is 5.81. The molecule has 0 unspecified atom stereocenters. The number of esters is 1. The maximum absolute atomic E-state index is 12.7. The summed E-state index contributed by atoms with van der Waals surface area (Å²) in [6.45, 7) is 8.09. The molecule has 192 valence electrons. The van der Waals surface area contributed by atoms with Crippen molar-refractivity contribution in [2.75, 3.05) is 0 Å². The molecule has 4 saturated heterocycles. The third-order valence-electron chi connectivity index (χ3n) is 8.58. The summed E-state index contributed by atoms with van der Waals surface area (Å²) in [5.74, 6) is -0.812. The summed E-state index contributed by atoms with van der Waals surface area (Å²) in [5, 5.41) is 2.93. The molecule has 0 aromatic heterocycles. The van der Waals surface area contributed by atoms with Crippen LogP contribution >= 0.6 is 0 Å². The van der Waals surface area contributed by atoms with Crippen LogP contribution in [-0.4, -0.2) is 35.8 Å². The van der Waals surface area contributed by atoms with Gasteiger partial charge in [0.2, 0.25) is 18.0 Å². The number of hydrogen-bond acceptors (Lipinski definition) is 7. The first-order valence-electron chi connectivity index (χ1n) is 13.0. The van der Waals surface area contributed by atoms with Crippen LogP contribution in [0.1, 0.15) is 77.8 Å². The lowest BCUT2D eigenvalue weighted by Gasteiger charge is -2.59. The Kier molecular flexibility index (Phi) is 6.68. The summed E-state index contributed by atoms with van der Waals surface area (Å²) < 4.78 is 18.4. The quantitative estimate of drug-likeness (QED) is 0.470. The average Bonchev–Trinajstić information content (AvgIpc) is 3.07. The summed E-state index contributed by atoms with van der Waals surface area (Å²) in [5.41, 5.74) is 0.322. The maximum Gasteiger partial charge on any atom is 0.308 e. The van der Waals surface area contributed by atoms with Crippen molar-refractivity contribution in [1.82, 2.24) is 5.32 Å². The van der Waals surface area contributed by atoms with Gasteiger partial charge in [-0.3, -0.25) is 9.59 Å². The third kappa shape index (κ3) is 4.50. The second-order valence-corrected chi connectivity index (χ2v) is 11.0. The molecule has 6 rings (SSSR count). The van der Waals surface area contributed by atoms with Crippen LogP contribution in [0.3, 0.4) is 0 Å². The molecular formula is C27H37NO7. The van der Waals surface area contributed by atoms with Gasteiger partial charge in [0.15, 0.2) is 11.9 Å². The van der Waals surface area contributed by atoms with E-state index in [2.05, 4.69) is 12.2 Å². The van der Waals surface area contributed by atoms with Crippen molar-refractivity contribution in [3.05, 3.63) is 35.9 Å². The molecule has 1 spiro atoms. The van der Waals surface area contributed by atoms with Gasteiger partial charge >= 0.3 is 5.97 Å². The highest BCUT2D eigenvalue weighted by Crippen LogP contribution is 2.60. The van der Waals surface area contributed by atoms with E-state index in [4.69, 9.17) is 24.0 Å². The summed E-state index contributed by atoms with van der Waals surface area (Å²) in [6.07, 6.45) is 2.30. The van der Waals surface area contributed by atoms with E-state index >= 15 is 0 Å². The largest absolute Gasteiger partial charge is 0.435 e.